The van der Waals surface area contributed by atoms with Gasteiger partial charge >= 0.3 is 5.69 Å². The Bertz CT molecular complexity index is 1380. The van der Waals surface area contributed by atoms with Gasteiger partial charge in [0.2, 0.25) is 0 Å². The first-order valence-corrected chi connectivity index (χ1v) is 9.68. The molecule has 0 radical (unpaired) electrons. The summed E-state index contributed by atoms with van der Waals surface area (Å²) in [5, 5.41) is 3.35. The molecule has 30 heavy (non-hydrogen) atoms. The largest absolute Gasteiger partial charge is 0.358 e. The van der Waals surface area contributed by atoms with Crippen LogP contribution in [-0.2, 0) is 0 Å². The van der Waals surface area contributed by atoms with E-state index in [1.807, 2.05) is 56.3 Å². The Hall–Kier alpha value is -4.01. The number of imidazole rings is 1. The van der Waals surface area contributed by atoms with Crippen molar-refractivity contribution in [3.8, 4) is 0 Å². The van der Waals surface area contributed by atoms with Gasteiger partial charge in [-0.3, -0.25) is 8.97 Å². The zero-order valence-corrected chi connectivity index (χ0v) is 16.5. The van der Waals surface area contributed by atoms with Gasteiger partial charge in [-0.1, -0.05) is 30.3 Å². The second-order valence-corrected chi connectivity index (χ2v) is 7.13. The average molecular weight is 400 g/mol. The first-order valence-electron chi connectivity index (χ1n) is 9.68. The quantitative estimate of drug-likeness (QED) is 0.470. The summed E-state index contributed by atoms with van der Waals surface area (Å²) in [5.41, 5.74) is 2.77. The van der Waals surface area contributed by atoms with Crippen molar-refractivity contribution < 1.29 is 0 Å². The summed E-state index contributed by atoms with van der Waals surface area (Å²) in [5.74, 6) is 1.20. The van der Waals surface area contributed by atoms with Crippen LogP contribution in [0.2, 0.25) is 0 Å². The molecular formula is C21H20N8O. The molecule has 0 aliphatic rings. The van der Waals surface area contributed by atoms with Gasteiger partial charge in [0.05, 0.1) is 18.4 Å². The predicted octanol–water partition coefficient (Wildman–Crippen LogP) is 2.94. The number of aromatic amines is 1. The van der Waals surface area contributed by atoms with Crippen LogP contribution in [0.25, 0.3) is 16.8 Å². The van der Waals surface area contributed by atoms with Crippen molar-refractivity contribution in [2.45, 2.75) is 25.9 Å². The summed E-state index contributed by atoms with van der Waals surface area (Å²) in [4.78, 5) is 33.9. The van der Waals surface area contributed by atoms with Gasteiger partial charge in [0.1, 0.15) is 23.3 Å². The van der Waals surface area contributed by atoms with Gasteiger partial charge in [0, 0.05) is 6.20 Å². The zero-order valence-electron chi connectivity index (χ0n) is 16.5. The predicted molar refractivity (Wildman–Crippen MR) is 113 cm³/mol. The minimum atomic E-state index is -0.307. The molecule has 5 rings (SSSR count). The van der Waals surface area contributed by atoms with Gasteiger partial charge in [0.25, 0.3) is 0 Å². The van der Waals surface area contributed by atoms with Crippen LogP contribution in [-0.4, -0.2) is 33.9 Å². The molecule has 9 nitrogen and oxygen atoms in total. The maximum absolute atomic E-state index is 13.4. The summed E-state index contributed by atoms with van der Waals surface area (Å²) in [6.45, 7) is 3.95. The maximum Gasteiger partial charge on any atom is 0.335 e. The van der Waals surface area contributed by atoms with Crippen LogP contribution in [0.15, 0.2) is 66.1 Å². The highest BCUT2D eigenvalue weighted by molar-refractivity contribution is 5.82. The summed E-state index contributed by atoms with van der Waals surface area (Å²) in [6, 6.07) is 13.1. The van der Waals surface area contributed by atoms with Gasteiger partial charge in [-0.15, -0.1) is 0 Å². The fraction of sp³-hybridized carbons (Fsp3) is 0.190. The number of nitrogens with one attached hydrogen (secondary N) is 2. The molecule has 0 unspecified atom stereocenters. The standard InChI is InChI=1S/C21H20N8O/c1-13(26-19-17-18(23-11-22-17)24-12-25-19)20-27-16-9-6-10-28(16)21(30)29(20)14(2)15-7-4-3-5-8-15/h3-14H,1-2H3,(H2,22,23,24,25,26)/t13-,14-/m0/s1. The monoisotopic (exact) mass is 400 g/mol. The smallest absolute Gasteiger partial charge is 0.335 e. The fourth-order valence-electron chi connectivity index (χ4n) is 3.70. The van der Waals surface area contributed by atoms with Crippen molar-refractivity contribution in [3.63, 3.8) is 0 Å². The van der Waals surface area contributed by atoms with Gasteiger partial charge in [-0.2, -0.15) is 0 Å². The lowest BCUT2D eigenvalue weighted by atomic mass is 10.1. The van der Waals surface area contributed by atoms with Gasteiger partial charge < -0.3 is 10.3 Å². The minimum absolute atomic E-state index is 0.141. The van der Waals surface area contributed by atoms with Crippen molar-refractivity contribution in [2.75, 3.05) is 5.32 Å². The number of benzene rings is 1. The molecule has 0 spiro atoms. The molecular weight excluding hydrogens is 380 g/mol. The Morgan fingerprint density at radius 2 is 1.87 bits per heavy atom. The molecule has 0 fully saturated rings. The van der Waals surface area contributed by atoms with Crippen molar-refractivity contribution in [2.24, 2.45) is 0 Å². The summed E-state index contributed by atoms with van der Waals surface area (Å²) in [7, 11) is 0. The number of fused-ring (bicyclic) bond motifs is 2. The van der Waals surface area contributed by atoms with Gasteiger partial charge in [-0.25, -0.2) is 24.7 Å². The third-order valence-electron chi connectivity index (χ3n) is 5.24. The highest BCUT2D eigenvalue weighted by Crippen LogP contribution is 2.24. The average Bonchev–Trinajstić information content (AvgIpc) is 3.44. The van der Waals surface area contributed by atoms with E-state index in [-0.39, 0.29) is 17.8 Å². The van der Waals surface area contributed by atoms with Gasteiger partial charge in [0.15, 0.2) is 11.5 Å². The third-order valence-corrected chi connectivity index (χ3v) is 5.24. The number of anilines is 1. The number of aromatic nitrogens is 7. The zero-order chi connectivity index (χ0) is 20.7. The molecule has 0 aliphatic carbocycles. The van der Waals surface area contributed by atoms with Crippen molar-refractivity contribution in [3.05, 3.63) is 83.2 Å². The topological polar surface area (TPSA) is 106 Å². The molecule has 0 saturated heterocycles. The Balaban J connectivity index is 1.64. The minimum Gasteiger partial charge on any atom is -0.358 e. The maximum atomic E-state index is 13.4. The van der Waals surface area contributed by atoms with E-state index in [1.54, 1.807) is 21.5 Å². The Labute approximate surface area is 171 Å². The molecule has 1 aromatic carbocycles. The van der Waals surface area contributed by atoms with Crippen LogP contribution in [0, 0.1) is 0 Å². The third kappa shape index (κ3) is 2.91. The molecule has 0 aliphatic heterocycles. The molecule has 0 saturated carbocycles. The van der Waals surface area contributed by atoms with Crippen LogP contribution in [0.4, 0.5) is 5.82 Å². The number of H-pyrrole nitrogens is 1. The molecule has 2 atom stereocenters. The van der Waals surface area contributed by atoms with E-state index in [0.717, 1.165) is 5.56 Å². The molecule has 150 valence electrons. The summed E-state index contributed by atoms with van der Waals surface area (Å²) in [6.07, 6.45) is 4.78. The van der Waals surface area contributed by atoms with Gasteiger partial charge in [-0.05, 0) is 31.5 Å². The van der Waals surface area contributed by atoms with E-state index < -0.39 is 0 Å². The fourth-order valence-corrected chi connectivity index (χ4v) is 3.70. The number of hydrogen-bond donors (Lipinski definition) is 2. The molecule has 0 bridgehead atoms. The Morgan fingerprint density at radius 1 is 1.03 bits per heavy atom. The highest BCUT2D eigenvalue weighted by atomic mass is 16.1. The second kappa shape index (κ2) is 7.11. The number of nitrogens with zero attached hydrogens (tertiary/aromatic N) is 6. The van der Waals surface area contributed by atoms with Crippen LogP contribution < -0.4 is 11.0 Å². The first kappa shape index (κ1) is 18.0. The van der Waals surface area contributed by atoms with Crippen LogP contribution in [0.3, 0.4) is 0 Å². The van der Waals surface area contributed by atoms with E-state index in [2.05, 4.69) is 25.3 Å². The van der Waals surface area contributed by atoms with Crippen molar-refractivity contribution in [1.82, 2.24) is 33.9 Å². The lowest BCUT2D eigenvalue weighted by Crippen LogP contribution is -2.35. The lowest BCUT2D eigenvalue weighted by Gasteiger charge is -2.24. The van der Waals surface area contributed by atoms with Crippen LogP contribution in [0.1, 0.15) is 37.3 Å². The Kier molecular flexibility index (Phi) is 4.27. The van der Waals surface area contributed by atoms with Crippen LogP contribution >= 0.6 is 0 Å². The van der Waals surface area contributed by atoms with Crippen molar-refractivity contribution >= 4 is 22.6 Å². The lowest BCUT2D eigenvalue weighted by molar-refractivity contribution is 0.526. The number of hydrogen-bond acceptors (Lipinski definition) is 6. The van der Waals surface area contributed by atoms with E-state index >= 15 is 0 Å². The molecule has 9 heteroatoms. The molecule has 0 amide bonds. The molecule has 2 N–H and O–H groups in total. The van der Waals surface area contributed by atoms with E-state index in [0.29, 0.717) is 28.5 Å². The normalized spacial score (nSPS) is 13.5. The Morgan fingerprint density at radius 3 is 2.70 bits per heavy atom. The van der Waals surface area contributed by atoms with Crippen molar-refractivity contribution in [1.29, 1.82) is 0 Å². The van der Waals surface area contributed by atoms with Crippen LogP contribution in [0.5, 0.6) is 0 Å². The molecule has 4 heterocycles. The SMILES string of the molecule is C[C@H](Nc1ncnc2[nH]cnc12)c1nc2cccn2c(=O)n1[C@@H](C)c1ccccc1. The van der Waals surface area contributed by atoms with E-state index in [9.17, 15) is 4.79 Å². The summed E-state index contributed by atoms with van der Waals surface area (Å²) < 4.78 is 3.29. The number of rotatable bonds is 5. The van der Waals surface area contributed by atoms with E-state index in [1.165, 1.54) is 6.33 Å². The highest BCUT2D eigenvalue weighted by Gasteiger charge is 2.22. The summed E-state index contributed by atoms with van der Waals surface area (Å²) >= 11 is 0. The molecule has 5 aromatic rings. The molecule has 4 aromatic heterocycles. The van der Waals surface area contributed by atoms with E-state index in [4.69, 9.17) is 4.98 Å². The second-order valence-electron chi connectivity index (χ2n) is 7.13. The first-order chi connectivity index (χ1) is 14.6.